The summed E-state index contributed by atoms with van der Waals surface area (Å²) in [5, 5.41) is 0. The van der Waals surface area contributed by atoms with E-state index in [0.717, 1.165) is 25.8 Å². The van der Waals surface area contributed by atoms with Crippen LogP contribution in [-0.4, -0.2) is 43.0 Å². The summed E-state index contributed by atoms with van der Waals surface area (Å²) in [6, 6.07) is 0.178. The number of nitrogens with zero attached hydrogens (tertiary/aromatic N) is 1. The van der Waals surface area contributed by atoms with Crippen molar-refractivity contribution in [2.75, 3.05) is 19.7 Å². The van der Waals surface area contributed by atoms with Gasteiger partial charge in [-0.05, 0) is 26.3 Å². The number of piperidine rings is 1. The van der Waals surface area contributed by atoms with Gasteiger partial charge in [-0.3, -0.25) is 9.64 Å². The van der Waals surface area contributed by atoms with Crippen LogP contribution in [0.25, 0.3) is 0 Å². The van der Waals surface area contributed by atoms with Gasteiger partial charge in [0.2, 0.25) is 0 Å². The lowest BCUT2D eigenvalue weighted by atomic mass is 9.97. The molecular formula is C10H19F3N2O. The minimum Gasteiger partial charge on any atom is -0.327 e. The number of hydrogen-bond acceptors (Lipinski definition) is 3. The molecular weight excluding hydrogens is 221 g/mol. The molecule has 1 saturated heterocycles. The van der Waals surface area contributed by atoms with Crippen LogP contribution in [0.4, 0.5) is 13.2 Å². The molecule has 96 valence electrons. The van der Waals surface area contributed by atoms with E-state index in [0.29, 0.717) is 6.54 Å². The Balaban J connectivity index is 2.33. The summed E-state index contributed by atoms with van der Waals surface area (Å²) in [6.45, 7) is 2.69. The van der Waals surface area contributed by atoms with E-state index in [1.807, 2.05) is 11.8 Å². The lowest BCUT2D eigenvalue weighted by Crippen LogP contribution is -2.50. The molecule has 16 heavy (non-hydrogen) atoms. The second kappa shape index (κ2) is 5.84. The molecule has 0 amide bonds. The number of ether oxygens (including phenoxy) is 1. The molecule has 0 saturated carbocycles. The summed E-state index contributed by atoms with van der Waals surface area (Å²) in [7, 11) is 0. The minimum atomic E-state index is -4.53. The zero-order chi connectivity index (χ0) is 12.2. The molecule has 2 unspecified atom stereocenters. The minimum absolute atomic E-state index is 0.00816. The van der Waals surface area contributed by atoms with E-state index in [9.17, 15) is 13.2 Å². The molecule has 0 spiro atoms. The van der Waals surface area contributed by atoms with E-state index in [4.69, 9.17) is 5.73 Å². The maximum Gasteiger partial charge on any atom is 0.522 e. The smallest absolute Gasteiger partial charge is 0.327 e. The summed E-state index contributed by atoms with van der Waals surface area (Å²) >= 11 is 0. The molecule has 0 aromatic heterocycles. The quantitative estimate of drug-likeness (QED) is 0.813. The maximum absolute atomic E-state index is 11.8. The molecule has 0 radical (unpaired) electrons. The monoisotopic (exact) mass is 240 g/mol. The van der Waals surface area contributed by atoms with Crippen molar-refractivity contribution in [1.82, 2.24) is 4.90 Å². The first-order valence-electron chi connectivity index (χ1n) is 5.60. The molecule has 1 aliphatic heterocycles. The van der Waals surface area contributed by atoms with Crippen LogP contribution in [0.5, 0.6) is 0 Å². The average molecular weight is 240 g/mol. The van der Waals surface area contributed by atoms with Crippen molar-refractivity contribution in [3.05, 3.63) is 0 Å². The second-order valence-corrected chi connectivity index (χ2v) is 4.25. The van der Waals surface area contributed by atoms with Crippen LogP contribution >= 0.6 is 0 Å². The molecule has 0 bridgehead atoms. The van der Waals surface area contributed by atoms with Crippen molar-refractivity contribution in [3.63, 3.8) is 0 Å². The molecule has 1 fully saturated rings. The van der Waals surface area contributed by atoms with Gasteiger partial charge in [0.15, 0.2) is 0 Å². The van der Waals surface area contributed by atoms with Gasteiger partial charge in [0, 0.05) is 18.6 Å². The molecule has 6 heteroatoms. The number of hydrogen-bond donors (Lipinski definition) is 1. The normalized spacial score (nSPS) is 25.7. The van der Waals surface area contributed by atoms with Gasteiger partial charge < -0.3 is 5.73 Å². The fourth-order valence-corrected chi connectivity index (χ4v) is 2.17. The third-order valence-electron chi connectivity index (χ3n) is 2.92. The van der Waals surface area contributed by atoms with E-state index < -0.39 is 6.36 Å². The molecule has 1 rings (SSSR count). The number of alkyl halides is 3. The molecule has 1 heterocycles. The fraction of sp³-hybridized carbons (Fsp3) is 1.00. The van der Waals surface area contributed by atoms with Gasteiger partial charge in [-0.15, -0.1) is 13.2 Å². The van der Waals surface area contributed by atoms with Crippen molar-refractivity contribution >= 4 is 0 Å². The second-order valence-electron chi connectivity index (χ2n) is 4.25. The summed E-state index contributed by atoms with van der Waals surface area (Å²) in [5.74, 6) is 0. The molecule has 0 aromatic carbocycles. The molecule has 2 N–H and O–H groups in total. The maximum atomic E-state index is 11.8. The first-order chi connectivity index (χ1) is 7.40. The first kappa shape index (κ1) is 13.7. The number of halogens is 3. The fourth-order valence-electron chi connectivity index (χ4n) is 2.17. The third kappa shape index (κ3) is 4.67. The van der Waals surface area contributed by atoms with Gasteiger partial charge in [0.05, 0.1) is 6.61 Å². The predicted octanol–water partition coefficient (Wildman–Crippen LogP) is 1.72. The first-order valence-corrected chi connectivity index (χ1v) is 5.60. The van der Waals surface area contributed by atoms with Crippen molar-refractivity contribution < 1.29 is 17.9 Å². The number of rotatable bonds is 4. The van der Waals surface area contributed by atoms with E-state index in [2.05, 4.69) is 4.74 Å². The third-order valence-corrected chi connectivity index (χ3v) is 2.92. The standard InChI is InChI=1S/C10H19F3N2O/c1-8(14)9-4-2-3-5-15(9)6-7-16-10(11,12)13/h8-9H,2-7,14H2,1H3. The van der Waals surface area contributed by atoms with Crippen molar-refractivity contribution in [2.45, 2.75) is 44.6 Å². The highest BCUT2D eigenvalue weighted by Crippen LogP contribution is 2.20. The lowest BCUT2D eigenvalue weighted by molar-refractivity contribution is -0.325. The van der Waals surface area contributed by atoms with E-state index >= 15 is 0 Å². The molecule has 2 atom stereocenters. The highest BCUT2D eigenvalue weighted by atomic mass is 19.4. The van der Waals surface area contributed by atoms with Gasteiger partial charge in [-0.2, -0.15) is 0 Å². The Morgan fingerprint density at radius 2 is 2.12 bits per heavy atom. The summed E-state index contributed by atoms with van der Waals surface area (Å²) in [5.41, 5.74) is 5.81. The highest BCUT2D eigenvalue weighted by Gasteiger charge is 2.30. The number of nitrogens with two attached hydrogens (primary N) is 1. The van der Waals surface area contributed by atoms with Gasteiger partial charge in [0.25, 0.3) is 0 Å². The van der Waals surface area contributed by atoms with Crippen molar-refractivity contribution in [2.24, 2.45) is 5.73 Å². The number of likely N-dealkylation sites (tertiary alicyclic amines) is 1. The molecule has 3 nitrogen and oxygen atoms in total. The van der Waals surface area contributed by atoms with Gasteiger partial charge in [0.1, 0.15) is 0 Å². The summed E-state index contributed by atoms with van der Waals surface area (Å²) in [4.78, 5) is 2.00. The van der Waals surface area contributed by atoms with Crippen LogP contribution in [0.2, 0.25) is 0 Å². The largest absolute Gasteiger partial charge is 0.522 e. The SMILES string of the molecule is CC(N)C1CCCCN1CCOC(F)(F)F. The van der Waals surface area contributed by atoms with Crippen molar-refractivity contribution in [3.8, 4) is 0 Å². The Kier molecular flexibility index (Phi) is 5.01. The lowest BCUT2D eigenvalue weighted by Gasteiger charge is -2.37. The molecule has 0 aromatic rings. The predicted molar refractivity (Wildman–Crippen MR) is 54.9 cm³/mol. The molecule has 0 aliphatic carbocycles. The van der Waals surface area contributed by atoms with Gasteiger partial charge in [-0.25, -0.2) is 0 Å². The van der Waals surface area contributed by atoms with Gasteiger partial charge >= 0.3 is 6.36 Å². The van der Waals surface area contributed by atoms with Crippen LogP contribution in [0.15, 0.2) is 0 Å². The topological polar surface area (TPSA) is 38.5 Å². The van der Waals surface area contributed by atoms with Crippen molar-refractivity contribution in [1.29, 1.82) is 0 Å². The van der Waals surface area contributed by atoms with E-state index in [1.54, 1.807) is 0 Å². The summed E-state index contributed by atoms with van der Waals surface area (Å²) < 4.78 is 39.2. The van der Waals surface area contributed by atoms with Crippen LogP contribution in [0, 0.1) is 0 Å². The van der Waals surface area contributed by atoms with Gasteiger partial charge in [-0.1, -0.05) is 6.42 Å². The van der Waals surface area contributed by atoms with Crippen LogP contribution in [0.3, 0.4) is 0 Å². The average Bonchev–Trinajstić information content (AvgIpc) is 2.16. The Morgan fingerprint density at radius 1 is 1.44 bits per heavy atom. The molecule has 1 aliphatic rings. The Bertz CT molecular complexity index is 209. The Morgan fingerprint density at radius 3 is 2.69 bits per heavy atom. The highest BCUT2D eigenvalue weighted by molar-refractivity contribution is 4.82. The van der Waals surface area contributed by atoms with Crippen LogP contribution < -0.4 is 5.73 Å². The zero-order valence-corrected chi connectivity index (χ0v) is 9.46. The zero-order valence-electron chi connectivity index (χ0n) is 9.46. The van der Waals surface area contributed by atoms with Crippen LogP contribution in [0.1, 0.15) is 26.2 Å². The van der Waals surface area contributed by atoms with E-state index in [1.165, 1.54) is 0 Å². The summed E-state index contributed by atoms with van der Waals surface area (Å²) in [6.07, 6.45) is -1.44. The van der Waals surface area contributed by atoms with Crippen LogP contribution in [-0.2, 0) is 4.74 Å². The Hall–Kier alpha value is -0.330. The Labute approximate surface area is 93.7 Å². The van der Waals surface area contributed by atoms with E-state index in [-0.39, 0.29) is 18.7 Å².